The van der Waals surface area contributed by atoms with Gasteiger partial charge in [0.15, 0.2) is 0 Å². The second-order valence-electron chi connectivity index (χ2n) is 8.04. The molecule has 0 bridgehead atoms. The van der Waals surface area contributed by atoms with Crippen molar-refractivity contribution in [3.8, 4) is 11.5 Å². The zero-order chi connectivity index (χ0) is 25.7. The van der Waals surface area contributed by atoms with Crippen LogP contribution in [-0.2, 0) is 14.8 Å². The maximum absolute atomic E-state index is 13.5. The van der Waals surface area contributed by atoms with Crippen LogP contribution >= 0.6 is 0 Å². The molecule has 4 aromatic carbocycles. The van der Waals surface area contributed by atoms with Crippen LogP contribution in [0.25, 0.3) is 10.8 Å². The monoisotopic (exact) mass is 503 g/mol. The van der Waals surface area contributed by atoms with Crippen molar-refractivity contribution < 1.29 is 23.1 Å². The third-order valence-corrected chi connectivity index (χ3v) is 7.38. The summed E-state index contributed by atoms with van der Waals surface area (Å²) in [7, 11) is -2.55. The molecule has 0 heterocycles. The number of amides is 1. The van der Waals surface area contributed by atoms with Crippen LogP contribution in [0, 0.1) is 6.92 Å². The number of anilines is 1. The van der Waals surface area contributed by atoms with E-state index < -0.39 is 22.5 Å². The molecule has 0 radical (unpaired) electrons. The minimum absolute atomic E-state index is 0.00788. The molecule has 0 saturated heterocycles. The van der Waals surface area contributed by atoms with Crippen molar-refractivity contribution in [2.45, 2.75) is 11.8 Å². The number of methoxy groups -OCH3 is 1. The van der Waals surface area contributed by atoms with E-state index in [1.54, 1.807) is 48.5 Å². The highest BCUT2D eigenvalue weighted by atomic mass is 32.2. The van der Waals surface area contributed by atoms with Crippen LogP contribution in [0.2, 0.25) is 0 Å². The van der Waals surface area contributed by atoms with Gasteiger partial charge < -0.3 is 9.84 Å². The summed E-state index contributed by atoms with van der Waals surface area (Å²) in [5.41, 5.74) is 4.01. The highest BCUT2D eigenvalue weighted by Gasteiger charge is 2.27. The van der Waals surface area contributed by atoms with Crippen LogP contribution in [0.1, 0.15) is 11.1 Å². The molecular formula is C27H25N3O5S. The number of hydrazone groups is 1. The van der Waals surface area contributed by atoms with Gasteiger partial charge in [0, 0.05) is 5.56 Å². The molecule has 2 N–H and O–H groups in total. The van der Waals surface area contributed by atoms with Crippen molar-refractivity contribution in [3.63, 3.8) is 0 Å². The first kappa shape index (κ1) is 24.7. The lowest BCUT2D eigenvalue weighted by molar-refractivity contribution is -0.119. The topological polar surface area (TPSA) is 108 Å². The van der Waals surface area contributed by atoms with E-state index in [9.17, 15) is 18.3 Å². The molecule has 8 nitrogen and oxygen atoms in total. The highest BCUT2D eigenvalue weighted by Crippen LogP contribution is 2.27. The van der Waals surface area contributed by atoms with Gasteiger partial charge in [-0.2, -0.15) is 5.10 Å². The summed E-state index contributed by atoms with van der Waals surface area (Å²) in [5, 5.41) is 15.9. The lowest BCUT2D eigenvalue weighted by Gasteiger charge is -2.24. The number of phenols is 1. The van der Waals surface area contributed by atoms with Gasteiger partial charge in [-0.3, -0.25) is 9.10 Å². The van der Waals surface area contributed by atoms with Crippen molar-refractivity contribution in [1.29, 1.82) is 0 Å². The van der Waals surface area contributed by atoms with E-state index >= 15 is 0 Å². The standard InChI is InChI=1S/C27H25N3O5S/c1-19-7-14-23(15-8-19)36(33,34)30(21-10-12-22(35-2)13-11-21)18-27(32)29-28-17-25-24-6-4-3-5-20(24)9-16-26(25)31/h3-17,31H,18H2,1-2H3,(H,29,32)/b28-17-. The van der Waals surface area contributed by atoms with Gasteiger partial charge >= 0.3 is 0 Å². The number of phenolic OH excluding ortho intramolecular Hbond substituents is 1. The number of benzene rings is 4. The molecule has 0 aliphatic rings. The van der Waals surface area contributed by atoms with Crippen LogP contribution in [0.4, 0.5) is 5.69 Å². The molecule has 0 spiro atoms. The second kappa shape index (κ2) is 10.5. The van der Waals surface area contributed by atoms with E-state index in [0.717, 1.165) is 20.6 Å². The largest absolute Gasteiger partial charge is 0.507 e. The highest BCUT2D eigenvalue weighted by molar-refractivity contribution is 7.92. The molecule has 0 saturated carbocycles. The Kier molecular flexibility index (Phi) is 7.21. The first-order valence-electron chi connectivity index (χ1n) is 11.1. The summed E-state index contributed by atoms with van der Waals surface area (Å²) in [5.74, 6) is -0.0960. The Labute approximate surface area is 209 Å². The summed E-state index contributed by atoms with van der Waals surface area (Å²) >= 11 is 0. The van der Waals surface area contributed by atoms with Gasteiger partial charge in [0.2, 0.25) is 0 Å². The Hall–Kier alpha value is -4.37. The number of fused-ring (bicyclic) bond motifs is 1. The summed E-state index contributed by atoms with van der Waals surface area (Å²) in [6, 6.07) is 23.5. The minimum Gasteiger partial charge on any atom is -0.507 e. The van der Waals surface area contributed by atoms with E-state index in [-0.39, 0.29) is 10.6 Å². The van der Waals surface area contributed by atoms with Crippen molar-refractivity contribution in [1.82, 2.24) is 5.43 Å². The molecule has 0 fully saturated rings. The molecule has 0 aliphatic heterocycles. The predicted molar refractivity (Wildman–Crippen MR) is 140 cm³/mol. The van der Waals surface area contributed by atoms with Crippen molar-refractivity contribution in [3.05, 3.63) is 96.1 Å². The number of carbonyl (C=O) groups excluding carboxylic acids is 1. The van der Waals surface area contributed by atoms with Gasteiger partial charge in [-0.25, -0.2) is 13.8 Å². The molecule has 0 aromatic heterocycles. The van der Waals surface area contributed by atoms with Crippen LogP contribution in [0.15, 0.2) is 94.9 Å². The van der Waals surface area contributed by atoms with Crippen LogP contribution in [-0.4, -0.2) is 39.3 Å². The van der Waals surface area contributed by atoms with E-state index in [2.05, 4.69) is 10.5 Å². The maximum Gasteiger partial charge on any atom is 0.264 e. The Morgan fingerprint density at radius 2 is 1.69 bits per heavy atom. The average Bonchev–Trinajstić information content (AvgIpc) is 2.89. The molecule has 9 heteroatoms. The number of aryl methyl sites for hydroxylation is 1. The number of sulfonamides is 1. The number of hydrogen-bond acceptors (Lipinski definition) is 6. The first-order chi connectivity index (χ1) is 17.3. The quantitative estimate of drug-likeness (QED) is 0.277. The van der Waals surface area contributed by atoms with Gasteiger partial charge in [-0.15, -0.1) is 0 Å². The summed E-state index contributed by atoms with van der Waals surface area (Å²) in [4.78, 5) is 12.9. The summed E-state index contributed by atoms with van der Waals surface area (Å²) in [6.45, 7) is 1.35. The number of nitrogens with zero attached hydrogens (tertiary/aromatic N) is 2. The molecule has 4 rings (SSSR count). The van der Waals surface area contributed by atoms with E-state index in [0.29, 0.717) is 17.0 Å². The number of carbonyl (C=O) groups is 1. The van der Waals surface area contributed by atoms with Crippen LogP contribution < -0.4 is 14.5 Å². The van der Waals surface area contributed by atoms with Crippen molar-refractivity contribution >= 4 is 38.6 Å². The fraction of sp³-hybridized carbons (Fsp3) is 0.111. The smallest absolute Gasteiger partial charge is 0.264 e. The van der Waals surface area contributed by atoms with Crippen LogP contribution in [0.5, 0.6) is 11.5 Å². The van der Waals surface area contributed by atoms with Crippen molar-refractivity contribution in [2.75, 3.05) is 18.0 Å². The first-order valence-corrected chi connectivity index (χ1v) is 12.5. The zero-order valence-corrected chi connectivity index (χ0v) is 20.6. The normalized spacial score (nSPS) is 11.5. The fourth-order valence-corrected chi connectivity index (χ4v) is 5.08. The fourth-order valence-electron chi connectivity index (χ4n) is 3.66. The maximum atomic E-state index is 13.5. The Balaban J connectivity index is 1.60. The van der Waals surface area contributed by atoms with Gasteiger partial charge in [-0.1, -0.05) is 48.0 Å². The Morgan fingerprint density at radius 1 is 1.00 bits per heavy atom. The van der Waals surface area contributed by atoms with E-state index in [1.807, 2.05) is 31.2 Å². The number of ether oxygens (including phenoxy) is 1. The molecule has 0 atom stereocenters. The second-order valence-corrected chi connectivity index (χ2v) is 9.90. The third kappa shape index (κ3) is 5.31. The van der Waals surface area contributed by atoms with Crippen LogP contribution in [0.3, 0.4) is 0 Å². The molecule has 184 valence electrons. The Bertz CT molecular complexity index is 1520. The number of aromatic hydroxyl groups is 1. The molecule has 1 amide bonds. The minimum atomic E-state index is -4.06. The lowest BCUT2D eigenvalue weighted by Crippen LogP contribution is -2.39. The number of nitrogens with one attached hydrogen (secondary N) is 1. The number of rotatable bonds is 8. The van der Waals surface area contributed by atoms with E-state index in [1.165, 1.54) is 25.5 Å². The lowest BCUT2D eigenvalue weighted by atomic mass is 10.0. The van der Waals surface area contributed by atoms with Gasteiger partial charge in [0.1, 0.15) is 18.0 Å². The summed E-state index contributed by atoms with van der Waals surface area (Å²) in [6.07, 6.45) is 1.34. The third-order valence-electron chi connectivity index (χ3n) is 5.59. The molecule has 36 heavy (non-hydrogen) atoms. The zero-order valence-electron chi connectivity index (χ0n) is 19.8. The molecule has 0 aliphatic carbocycles. The molecule has 4 aromatic rings. The average molecular weight is 504 g/mol. The number of hydrogen-bond donors (Lipinski definition) is 2. The molecule has 0 unspecified atom stereocenters. The van der Waals surface area contributed by atoms with Gasteiger partial charge in [0.05, 0.1) is 23.9 Å². The Morgan fingerprint density at radius 3 is 2.39 bits per heavy atom. The molecular weight excluding hydrogens is 478 g/mol. The van der Waals surface area contributed by atoms with Gasteiger partial charge in [0.25, 0.3) is 15.9 Å². The summed E-state index contributed by atoms with van der Waals surface area (Å²) < 4.78 is 33.1. The van der Waals surface area contributed by atoms with Gasteiger partial charge in [-0.05, 0) is 60.2 Å². The SMILES string of the molecule is COc1ccc(N(CC(=O)N/N=C\c2c(O)ccc3ccccc23)S(=O)(=O)c2ccc(C)cc2)cc1. The predicted octanol–water partition coefficient (Wildman–Crippen LogP) is 4.21. The van der Waals surface area contributed by atoms with E-state index in [4.69, 9.17) is 4.74 Å². The van der Waals surface area contributed by atoms with Crippen molar-refractivity contribution in [2.24, 2.45) is 5.10 Å².